The first-order valence-electron chi connectivity index (χ1n) is 4.21. The maximum Gasteiger partial charge on any atom is 0.315 e. The standard InChI is InChI=1S/C9H13ClN2O2/c1-5-6(10)7(12(4)11-5)9(2,3)8(13)14/h1-4H3,(H,13,14). The van der Waals surface area contributed by atoms with E-state index in [0.717, 1.165) is 0 Å². The Morgan fingerprint density at radius 2 is 2.07 bits per heavy atom. The van der Waals surface area contributed by atoms with Crippen LogP contribution < -0.4 is 0 Å². The van der Waals surface area contributed by atoms with Crippen LogP contribution in [0.25, 0.3) is 0 Å². The van der Waals surface area contributed by atoms with Crippen molar-refractivity contribution in [3.8, 4) is 0 Å². The highest BCUT2D eigenvalue weighted by molar-refractivity contribution is 6.32. The van der Waals surface area contributed by atoms with E-state index in [4.69, 9.17) is 16.7 Å². The van der Waals surface area contributed by atoms with E-state index in [1.165, 1.54) is 4.68 Å². The smallest absolute Gasteiger partial charge is 0.315 e. The Bertz CT molecular complexity index is 382. The lowest BCUT2D eigenvalue weighted by molar-refractivity contribution is -0.142. The number of carboxylic acids is 1. The fourth-order valence-electron chi connectivity index (χ4n) is 1.41. The van der Waals surface area contributed by atoms with E-state index in [1.54, 1.807) is 27.8 Å². The predicted molar refractivity (Wildman–Crippen MR) is 53.6 cm³/mol. The second kappa shape index (κ2) is 3.28. The van der Waals surface area contributed by atoms with Gasteiger partial charge in [-0.3, -0.25) is 9.48 Å². The molecule has 0 aromatic carbocycles. The number of aliphatic carboxylic acids is 1. The molecule has 0 saturated heterocycles. The van der Waals surface area contributed by atoms with Crippen molar-refractivity contribution in [3.05, 3.63) is 16.4 Å². The molecule has 5 heteroatoms. The Morgan fingerprint density at radius 3 is 2.36 bits per heavy atom. The molecule has 1 aromatic rings. The summed E-state index contributed by atoms with van der Waals surface area (Å²) in [6, 6.07) is 0. The normalized spacial score (nSPS) is 11.8. The van der Waals surface area contributed by atoms with Crippen LogP contribution in [0.3, 0.4) is 0 Å². The van der Waals surface area contributed by atoms with Crippen molar-refractivity contribution in [1.29, 1.82) is 0 Å². The van der Waals surface area contributed by atoms with E-state index in [9.17, 15) is 4.79 Å². The molecule has 14 heavy (non-hydrogen) atoms. The number of hydrogen-bond acceptors (Lipinski definition) is 2. The van der Waals surface area contributed by atoms with Crippen LogP contribution in [0.4, 0.5) is 0 Å². The van der Waals surface area contributed by atoms with E-state index in [0.29, 0.717) is 16.4 Å². The monoisotopic (exact) mass is 216 g/mol. The van der Waals surface area contributed by atoms with Crippen molar-refractivity contribution < 1.29 is 9.90 Å². The van der Waals surface area contributed by atoms with Gasteiger partial charge in [-0.25, -0.2) is 0 Å². The third kappa shape index (κ3) is 1.50. The maximum atomic E-state index is 11.0. The number of hydrogen-bond donors (Lipinski definition) is 1. The van der Waals surface area contributed by atoms with Crippen LogP contribution in [0.15, 0.2) is 0 Å². The van der Waals surface area contributed by atoms with Crippen LogP contribution >= 0.6 is 11.6 Å². The average Bonchev–Trinajstić information content (AvgIpc) is 2.26. The van der Waals surface area contributed by atoms with Gasteiger partial charge in [-0.05, 0) is 20.8 Å². The average molecular weight is 217 g/mol. The third-order valence-corrected chi connectivity index (χ3v) is 2.73. The first-order valence-corrected chi connectivity index (χ1v) is 4.59. The molecule has 1 aromatic heterocycles. The second-order valence-corrected chi connectivity index (χ2v) is 4.18. The summed E-state index contributed by atoms with van der Waals surface area (Å²) in [5, 5.41) is 13.6. The minimum atomic E-state index is -1.02. The Hall–Kier alpha value is -1.03. The van der Waals surface area contributed by atoms with Gasteiger partial charge in [-0.1, -0.05) is 11.6 Å². The maximum absolute atomic E-state index is 11.0. The molecule has 0 bridgehead atoms. The minimum absolute atomic E-state index is 0.430. The molecule has 4 nitrogen and oxygen atoms in total. The fraction of sp³-hybridized carbons (Fsp3) is 0.556. The molecule has 0 fully saturated rings. The summed E-state index contributed by atoms with van der Waals surface area (Å²) in [6.45, 7) is 4.97. The van der Waals surface area contributed by atoms with E-state index < -0.39 is 11.4 Å². The van der Waals surface area contributed by atoms with Gasteiger partial charge in [0, 0.05) is 7.05 Å². The van der Waals surface area contributed by atoms with Gasteiger partial charge in [-0.15, -0.1) is 0 Å². The number of halogens is 1. The van der Waals surface area contributed by atoms with E-state index in [1.807, 2.05) is 0 Å². The summed E-state index contributed by atoms with van der Waals surface area (Å²) in [5.74, 6) is -0.914. The first-order chi connectivity index (χ1) is 6.28. The number of nitrogens with zero attached hydrogens (tertiary/aromatic N) is 2. The number of carboxylic acid groups (broad SMARTS) is 1. The molecule has 0 aliphatic rings. The Kier molecular flexibility index (Phi) is 2.58. The van der Waals surface area contributed by atoms with Crippen molar-refractivity contribution in [2.24, 2.45) is 7.05 Å². The van der Waals surface area contributed by atoms with Crippen molar-refractivity contribution >= 4 is 17.6 Å². The molecule has 78 valence electrons. The van der Waals surface area contributed by atoms with E-state index >= 15 is 0 Å². The van der Waals surface area contributed by atoms with Crippen molar-refractivity contribution in [2.45, 2.75) is 26.2 Å². The van der Waals surface area contributed by atoms with Gasteiger partial charge in [-0.2, -0.15) is 5.10 Å². The van der Waals surface area contributed by atoms with Crippen LogP contribution in [-0.4, -0.2) is 20.9 Å². The molecule has 0 unspecified atom stereocenters. The van der Waals surface area contributed by atoms with Crippen molar-refractivity contribution in [2.75, 3.05) is 0 Å². The minimum Gasteiger partial charge on any atom is -0.481 e. The van der Waals surface area contributed by atoms with Gasteiger partial charge in [0.1, 0.15) is 5.41 Å². The van der Waals surface area contributed by atoms with Gasteiger partial charge < -0.3 is 5.11 Å². The lowest BCUT2D eigenvalue weighted by Crippen LogP contribution is -2.31. The Balaban J connectivity index is 3.38. The number of carbonyl (C=O) groups is 1. The molecule has 1 rings (SSSR count). The number of rotatable bonds is 2. The molecule has 1 N–H and O–H groups in total. The zero-order chi connectivity index (χ0) is 11.1. The van der Waals surface area contributed by atoms with Crippen LogP contribution in [0, 0.1) is 6.92 Å². The lowest BCUT2D eigenvalue weighted by atomic mass is 9.89. The van der Waals surface area contributed by atoms with Gasteiger partial charge >= 0.3 is 5.97 Å². The highest BCUT2D eigenvalue weighted by Gasteiger charge is 2.35. The summed E-state index contributed by atoms with van der Waals surface area (Å²) in [5.41, 5.74) is 0.162. The summed E-state index contributed by atoms with van der Waals surface area (Å²) in [4.78, 5) is 11.0. The number of aryl methyl sites for hydroxylation is 2. The van der Waals surface area contributed by atoms with Gasteiger partial charge in [0.2, 0.25) is 0 Å². The largest absolute Gasteiger partial charge is 0.481 e. The molecule has 0 atom stereocenters. The summed E-state index contributed by atoms with van der Waals surface area (Å²) in [6.07, 6.45) is 0. The van der Waals surface area contributed by atoms with Crippen LogP contribution in [0.2, 0.25) is 5.02 Å². The van der Waals surface area contributed by atoms with Gasteiger partial charge in [0.05, 0.1) is 16.4 Å². The molecule has 0 radical (unpaired) electrons. The van der Waals surface area contributed by atoms with Crippen LogP contribution in [0.5, 0.6) is 0 Å². The third-order valence-electron chi connectivity index (χ3n) is 2.28. The molecule has 0 aliphatic heterocycles. The fourth-order valence-corrected chi connectivity index (χ4v) is 1.81. The second-order valence-electron chi connectivity index (χ2n) is 3.80. The SMILES string of the molecule is Cc1nn(C)c(C(C)(C)C(=O)O)c1Cl. The Labute approximate surface area is 87.5 Å². The highest BCUT2D eigenvalue weighted by atomic mass is 35.5. The van der Waals surface area contributed by atoms with Crippen LogP contribution in [0.1, 0.15) is 25.2 Å². The summed E-state index contributed by atoms with van der Waals surface area (Å²) >= 11 is 6.00. The molecule has 0 saturated carbocycles. The van der Waals surface area contributed by atoms with E-state index in [-0.39, 0.29) is 0 Å². The predicted octanol–water partition coefficient (Wildman–Crippen LogP) is 1.74. The van der Waals surface area contributed by atoms with Crippen molar-refractivity contribution in [3.63, 3.8) is 0 Å². The molecule has 1 heterocycles. The molecule has 0 spiro atoms. The first kappa shape index (κ1) is 11.0. The van der Waals surface area contributed by atoms with Crippen molar-refractivity contribution in [1.82, 2.24) is 9.78 Å². The van der Waals surface area contributed by atoms with Gasteiger partial charge in [0.25, 0.3) is 0 Å². The van der Waals surface area contributed by atoms with E-state index in [2.05, 4.69) is 5.10 Å². The molecular weight excluding hydrogens is 204 g/mol. The van der Waals surface area contributed by atoms with Crippen LogP contribution in [-0.2, 0) is 17.3 Å². The molecular formula is C9H13ClN2O2. The zero-order valence-corrected chi connectivity index (χ0v) is 9.38. The quantitative estimate of drug-likeness (QED) is 0.820. The molecule has 0 aliphatic carbocycles. The summed E-state index contributed by atoms with van der Waals surface area (Å²) in [7, 11) is 1.69. The summed E-state index contributed by atoms with van der Waals surface area (Å²) < 4.78 is 1.52. The lowest BCUT2D eigenvalue weighted by Gasteiger charge is -2.19. The Morgan fingerprint density at radius 1 is 1.57 bits per heavy atom. The molecule has 0 amide bonds. The number of aromatic nitrogens is 2. The zero-order valence-electron chi connectivity index (χ0n) is 8.63. The highest BCUT2D eigenvalue weighted by Crippen LogP contribution is 2.31. The van der Waals surface area contributed by atoms with Gasteiger partial charge in [0.15, 0.2) is 0 Å². The topological polar surface area (TPSA) is 55.1 Å².